The van der Waals surface area contributed by atoms with E-state index >= 15 is 0 Å². The quantitative estimate of drug-likeness (QED) is 0.608. The maximum absolute atomic E-state index is 11.4. The molecule has 1 amide bonds. The number of hydrogen-bond donors (Lipinski definition) is 2. The number of rotatable bonds is 7. The summed E-state index contributed by atoms with van der Waals surface area (Å²) in [6.45, 7) is 2.05. The van der Waals surface area contributed by atoms with E-state index in [-0.39, 0.29) is 18.6 Å². The minimum Gasteiger partial charge on any atom is -0.394 e. The van der Waals surface area contributed by atoms with Gasteiger partial charge < -0.3 is 19.9 Å². The molecular weight excluding hydrogens is 210 g/mol. The van der Waals surface area contributed by atoms with Crippen molar-refractivity contribution in [2.75, 3.05) is 33.0 Å². The highest BCUT2D eigenvalue weighted by molar-refractivity contribution is 5.76. The minimum atomic E-state index is 0.0134. The fourth-order valence-electron chi connectivity index (χ4n) is 1.68. The lowest BCUT2D eigenvalue weighted by molar-refractivity contribution is -0.125. The molecule has 0 radical (unpaired) electrons. The Morgan fingerprint density at radius 3 is 3.00 bits per heavy atom. The first-order valence-electron chi connectivity index (χ1n) is 5.90. The van der Waals surface area contributed by atoms with Crippen LogP contribution in [0.25, 0.3) is 0 Å². The Bertz CT molecular complexity index is 192. The zero-order valence-corrected chi connectivity index (χ0v) is 9.61. The van der Waals surface area contributed by atoms with Crippen LogP contribution in [0.2, 0.25) is 0 Å². The average Bonchev–Trinajstić information content (AvgIpc) is 2.30. The number of aliphatic hydroxyl groups is 1. The van der Waals surface area contributed by atoms with Crippen molar-refractivity contribution in [3.8, 4) is 0 Å². The molecule has 0 bridgehead atoms. The Balaban J connectivity index is 1.97. The molecule has 1 aliphatic heterocycles. The summed E-state index contributed by atoms with van der Waals surface area (Å²) in [4.78, 5) is 11.4. The highest BCUT2D eigenvalue weighted by atomic mass is 16.5. The van der Waals surface area contributed by atoms with Crippen LogP contribution in [-0.4, -0.2) is 50.1 Å². The third-order valence-corrected chi connectivity index (χ3v) is 2.49. The minimum absolute atomic E-state index is 0.0134. The summed E-state index contributed by atoms with van der Waals surface area (Å²) in [5.41, 5.74) is 0. The summed E-state index contributed by atoms with van der Waals surface area (Å²) in [6, 6.07) is 0. The lowest BCUT2D eigenvalue weighted by Gasteiger charge is -2.21. The molecule has 1 unspecified atom stereocenters. The van der Waals surface area contributed by atoms with Crippen molar-refractivity contribution < 1.29 is 19.4 Å². The Morgan fingerprint density at radius 1 is 1.44 bits per heavy atom. The van der Waals surface area contributed by atoms with E-state index in [4.69, 9.17) is 14.6 Å². The molecule has 2 N–H and O–H groups in total. The van der Waals surface area contributed by atoms with Gasteiger partial charge in [0.05, 0.1) is 32.3 Å². The van der Waals surface area contributed by atoms with E-state index in [9.17, 15) is 4.79 Å². The molecule has 1 atom stereocenters. The van der Waals surface area contributed by atoms with Crippen molar-refractivity contribution in [3.05, 3.63) is 0 Å². The highest BCUT2D eigenvalue weighted by Gasteiger charge is 2.16. The van der Waals surface area contributed by atoms with Gasteiger partial charge in [-0.15, -0.1) is 0 Å². The van der Waals surface area contributed by atoms with Gasteiger partial charge in [-0.1, -0.05) is 0 Å². The molecule has 0 aromatic carbocycles. The lowest BCUT2D eigenvalue weighted by atomic mass is 10.1. The zero-order valence-electron chi connectivity index (χ0n) is 9.61. The number of ether oxygens (including phenoxy) is 2. The monoisotopic (exact) mass is 231 g/mol. The molecule has 1 aliphatic rings. The Hall–Kier alpha value is -0.650. The normalized spacial score (nSPS) is 20.7. The molecule has 0 aromatic heterocycles. The number of hydrogen-bond acceptors (Lipinski definition) is 4. The first kappa shape index (κ1) is 13.4. The standard InChI is InChI=1S/C11H21NO4/c13-5-8-15-7-4-12-11(14)9-10-3-1-2-6-16-10/h10,13H,1-9H2,(H,12,14). The number of carbonyl (C=O) groups excluding carboxylic acids is 1. The Morgan fingerprint density at radius 2 is 2.31 bits per heavy atom. The van der Waals surface area contributed by atoms with Crippen LogP contribution in [-0.2, 0) is 14.3 Å². The highest BCUT2D eigenvalue weighted by Crippen LogP contribution is 2.15. The van der Waals surface area contributed by atoms with E-state index < -0.39 is 0 Å². The van der Waals surface area contributed by atoms with Crippen LogP contribution in [0.15, 0.2) is 0 Å². The molecule has 94 valence electrons. The van der Waals surface area contributed by atoms with Gasteiger partial charge in [0.1, 0.15) is 0 Å². The van der Waals surface area contributed by atoms with Crippen LogP contribution in [0.5, 0.6) is 0 Å². The molecule has 1 saturated heterocycles. The molecule has 0 spiro atoms. The molecule has 1 fully saturated rings. The van der Waals surface area contributed by atoms with Crippen molar-refractivity contribution in [3.63, 3.8) is 0 Å². The maximum Gasteiger partial charge on any atom is 0.222 e. The van der Waals surface area contributed by atoms with E-state index in [0.717, 1.165) is 25.9 Å². The van der Waals surface area contributed by atoms with Crippen molar-refractivity contribution in [2.24, 2.45) is 0 Å². The summed E-state index contributed by atoms with van der Waals surface area (Å²) < 4.78 is 10.5. The summed E-state index contributed by atoms with van der Waals surface area (Å²) >= 11 is 0. The number of aliphatic hydroxyl groups excluding tert-OH is 1. The van der Waals surface area contributed by atoms with Crippen molar-refractivity contribution in [1.29, 1.82) is 0 Å². The predicted octanol–water partition coefficient (Wildman–Crippen LogP) is 0.0707. The average molecular weight is 231 g/mol. The zero-order chi connectivity index (χ0) is 11.6. The Kier molecular flexibility index (Phi) is 7.12. The molecule has 1 rings (SSSR count). The van der Waals surface area contributed by atoms with Gasteiger partial charge in [0.15, 0.2) is 0 Å². The van der Waals surface area contributed by atoms with Crippen LogP contribution in [0, 0.1) is 0 Å². The first-order chi connectivity index (χ1) is 7.83. The third kappa shape index (κ3) is 6.05. The summed E-state index contributed by atoms with van der Waals surface area (Å²) in [6.07, 6.45) is 3.77. The van der Waals surface area contributed by atoms with E-state index in [1.165, 1.54) is 0 Å². The lowest BCUT2D eigenvalue weighted by Crippen LogP contribution is -2.32. The number of amides is 1. The smallest absolute Gasteiger partial charge is 0.222 e. The van der Waals surface area contributed by atoms with Crippen molar-refractivity contribution in [1.82, 2.24) is 5.32 Å². The van der Waals surface area contributed by atoms with Gasteiger partial charge >= 0.3 is 0 Å². The predicted molar refractivity (Wildman–Crippen MR) is 59.1 cm³/mol. The van der Waals surface area contributed by atoms with Gasteiger partial charge in [0.25, 0.3) is 0 Å². The molecule has 16 heavy (non-hydrogen) atoms. The van der Waals surface area contributed by atoms with Gasteiger partial charge in [0, 0.05) is 13.2 Å². The van der Waals surface area contributed by atoms with Gasteiger partial charge in [0.2, 0.25) is 5.91 Å². The van der Waals surface area contributed by atoms with E-state index in [2.05, 4.69) is 5.32 Å². The van der Waals surface area contributed by atoms with Crippen molar-refractivity contribution in [2.45, 2.75) is 31.8 Å². The largest absolute Gasteiger partial charge is 0.394 e. The number of carbonyl (C=O) groups is 1. The van der Waals surface area contributed by atoms with Gasteiger partial charge in [-0.05, 0) is 19.3 Å². The molecule has 5 nitrogen and oxygen atoms in total. The second-order valence-corrected chi connectivity index (χ2v) is 3.88. The molecule has 0 aliphatic carbocycles. The summed E-state index contributed by atoms with van der Waals surface area (Å²) in [7, 11) is 0. The SMILES string of the molecule is O=C(CC1CCCCO1)NCCOCCO. The summed E-state index contributed by atoms with van der Waals surface area (Å²) in [5, 5.41) is 11.2. The Labute approximate surface area is 96.1 Å². The molecule has 0 saturated carbocycles. The topological polar surface area (TPSA) is 67.8 Å². The van der Waals surface area contributed by atoms with Gasteiger partial charge in [-0.25, -0.2) is 0 Å². The van der Waals surface area contributed by atoms with Crippen LogP contribution >= 0.6 is 0 Å². The molecule has 5 heteroatoms. The van der Waals surface area contributed by atoms with Gasteiger partial charge in [-0.3, -0.25) is 4.79 Å². The first-order valence-corrected chi connectivity index (χ1v) is 5.90. The fourth-order valence-corrected chi connectivity index (χ4v) is 1.68. The van der Waals surface area contributed by atoms with Crippen LogP contribution in [0.3, 0.4) is 0 Å². The fraction of sp³-hybridized carbons (Fsp3) is 0.909. The molecule has 0 aromatic rings. The van der Waals surface area contributed by atoms with E-state index in [1.54, 1.807) is 0 Å². The van der Waals surface area contributed by atoms with E-state index in [0.29, 0.717) is 26.2 Å². The van der Waals surface area contributed by atoms with Crippen molar-refractivity contribution >= 4 is 5.91 Å². The van der Waals surface area contributed by atoms with E-state index in [1.807, 2.05) is 0 Å². The van der Waals surface area contributed by atoms with Crippen LogP contribution < -0.4 is 5.32 Å². The maximum atomic E-state index is 11.4. The molecular formula is C11H21NO4. The number of nitrogens with one attached hydrogen (secondary N) is 1. The van der Waals surface area contributed by atoms with Crippen LogP contribution in [0.1, 0.15) is 25.7 Å². The third-order valence-electron chi connectivity index (χ3n) is 2.49. The second-order valence-electron chi connectivity index (χ2n) is 3.88. The molecule has 1 heterocycles. The second kappa shape index (κ2) is 8.50. The summed E-state index contributed by atoms with van der Waals surface area (Å²) in [5.74, 6) is 0.0134. The van der Waals surface area contributed by atoms with Gasteiger partial charge in [-0.2, -0.15) is 0 Å². The van der Waals surface area contributed by atoms with Crippen LogP contribution in [0.4, 0.5) is 0 Å².